The third kappa shape index (κ3) is 2.69. The van der Waals surface area contributed by atoms with E-state index in [0.717, 1.165) is 23.3 Å². The largest absolute Gasteiger partial charge is 0.443 e. The van der Waals surface area contributed by atoms with Crippen LogP contribution in [0, 0.1) is 0 Å². The second-order valence-electron chi connectivity index (χ2n) is 6.60. The van der Waals surface area contributed by atoms with Gasteiger partial charge in [0.15, 0.2) is 0 Å². The van der Waals surface area contributed by atoms with Gasteiger partial charge in [-0.3, -0.25) is 9.59 Å². The zero-order chi connectivity index (χ0) is 17.5. The van der Waals surface area contributed by atoms with Gasteiger partial charge in [0.25, 0.3) is 0 Å². The number of carbonyl (C=O) groups is 3. The van der Waals surface area contributed by atoms with Crippen LogP contribution < -0.4 is 0 Å². The lowest BCUT2D eigenvalue weighted by atomic mass is 10.1. The topological polar surface area (TPSA) is 65.4 Å². The van der Waals surface area contributed by atoms with Crippen LogP contribution in [0.4, 0.5) is 4.79 Å². The monoisotopic (exact) mass is 323 g/mol. The van der Waals surface area contributed by atoms with Gasteiger partial charge >= 0.3 is 6.09 Å². The van der Waals surface area contributed by atoms with Crippen LogP contribution in [0.15, 0.2) is 36.4 Å². The maximum Gasteiger partial charge on any atom is 0.419 e. The molecule has 0 aliphatic carbocycles. The summed E-state index contributed by atoms with van der Waals surface area (Å²) in [6.07, 6.45) is 0.912. The van der Waals surface area contributed by atoms with Crippen LogP contribution in [0.25, 0.3) is 21.8 Å². The van der Waals surface area contributed by atoms with Gasteiger partial charge in [-0.05, 0) is 32.9 Å². The highest BCUT2D eigenvalue weighted by Gasteiger charge is 2.22. The van der Waals surface area contributed by atoms with Gasteiger partial charge in [0.1, 0.15) is 18.2 Å². The summed E-state index contributed by atoms with van der Waals surface area (Å²) in [5, 5.41) is 1.64. The summed E-state index contributed by atoms with van der Waals surface area (Å²) in [6.45, 7) is 5.35. The molecule has 0 atom stereocenters. The van der Waals surface area contributed by atoms with Gasteiger partial charge in [-0.25, -0.2) is 9.36 Å². The lowest BCUT2D eigenvalue weighted by Gasteiger charge is -2.20. The summed E-state index contributed by atoms with van der Waals surface area (Å²) in [7, 11) is 0. The maximum absolute atomic E-state index is 12.7. The lowest BCUT2D eigenvalue weighted by Crippen LogP contribution is -2.27. The van der Waals surface area contributed by atoms with Crippen LogP contribution >= 0.6 is 0 Å². The Labute approximate surface area is 138 Å². The van der Waals surface area contributed by atoms with E-state index in [-0.39, 0.29) is 0 Å². The van der Waals surface area contributed by atoms with E-state index in [1.54, 1.807) is 57.2 Å². The normalized spacial score (nSPS) is 11.6. The van der Waals surface area contributed by atoms with Crippen molar-refractivity contribution in [2.75, 3.05) is 0 Å². The zero-order valence-corrected chi connectivity index (χ0v) is 13.7. The first-order valence-electron chi connectivity index (χ1n) is 7.56. The molecule has 0 bridgehead atoms. The summed E-state index contributed by atoms with van der Waals surface area (Å²) in [6, 6.07) is 10.3. The van der Waals surface area contributed by atoms with Crippen molar-refractivity contribution in [3.63, 3.8) is 0 Å². The van der Waals surface area contributed by atoms with E-state index in [4.69, 9.17) is 4.74 Å². The quantitative estimate of drug-likeness (QED) is 0.663. The molecule has 3 aromatic rings. The van der Waals surface area contributed by atoms with Gasteiger partial charge in [-0.15, -0.1) is 0 Å². The van der Waals surface area contributed by atoms with Crippen molar-refractivity contribution in [1.29, 1.82) is 0 Å². The van der Waals surface area contributed by atoms with E-state index in [9.17, 15) is 14.4 Å². The van der Waals surface area contributed by atoms with Crippen molar-refractivity contribution in [1.82, 2.24) is 4.57 Å². The van der Waals surface area contributed by atoms with E-state index in [1.807, 2.05) is 0 Å². The molecule has 0 saturated heterocycles. The first kappa shape index (κ1) is 15.9. The van der Waals surface area contributed by atoms with Gasteiger partial charge in [0, 0.05) is 21.9 Å². The molecule has 5 nitrogen and oxygen atoms in total. The molecule has 0 unspecified atom stereocenters. The van der Waals surface area contributed by atoms with Gasteiger partial charge in [0.2, 0.25) is 0 Å². The molecule has 5 heteroatoms. The van der Waals surface area contributed by atoms with E-state index >= 15 is 0 Å². The summed E-state index contributed by atoms with van der Waals surface area (Å²) >= 11 is 0. The molecule has 3 rings (SSSR count). The molecule has 0 aliphatic rings. The Bertz CT molecular complexity index is 911. The number of aldehydes is 2. The molecule has 0 fully saturated rings. The van der Waals surface area contributed by atoms with E-state index in [1.165, 1.54) is 4.57 Å². The Morgan fingerprint density at radius 1 is 0.917 bits per heavy atom. The predicted octanol–water partition coefficient (Wildman–Crippen LogP) is 4.20. The van der Waals surface area contributed by atoms with Crippen LogP contribution in [0.2, 0.25) is 0 Å². The molecule has 0 amide bonds. The number of rotatable bonds is 2. The first-order chi connectivity index (χ1) is 11.3. The van der Waals surface area contributed by atoms with Gasteiger partial charge in [-0.1, -0.05) is 24.3 Å². The highest BCUT2D eigenvalue weighted by atomic mass is 16.6. The molecule has 0 radical (unpaired) electrons. The molecule has 1 heterocycles. The fraction of sp³-hybridized carbons (Fsp3) is 0.211. The Balaban J connectivity index is 2.37. The van der Waals surface area contributed by atoms with Crippen LogP contribution in [0.1, 0.15) is 41.5 Å². The Kier molecular flexibility index (Phi) is 3.72. The minimum absolute atomic E-state index is 0.464. The number of ether oxygens (including phenoxy) is 1. The minimum Gasteiger partial charge on any atom is -0.443 e. The number of hydrogen-bond donors (Lipinski definition) is 0. The van der Waals surface area contributed by atoms with Gasteiger partial charge in [0.05, 0.1) is 11.0 Å². The minimum atomic E-state index is -0.662. The number of carbonyl (C=O) groups excluding carboxylic acids is 3. The standard InChI is InChI=1S/C19H17NO4/c1-19(2,3)24-18(23)20-16-8-12(10-21)4-6-14(16)15-7-5-13(11-22)9-17(15)20/h4-11H,1-3H3. The van der Waals surface area contributed by atoms with Gasteiger partial charge in [-0.2, -0.15) is 0 Å². The summed E-state index contributed by atoms with van der Waals surface area (Å²) in [4.78, 5) is 34.9. The van der Waals surface area contributed by atoms with Crippen molar-refractivity contribution in [2.45, 2.75) is 26.4 Å². The summed E-state index contributed by atoms with van der Waals surface area (Å²) in [5.74, 6) is 0. The number of benzene rings is 2. The molecule has 0 aliphatic heterocycles. The second-order valence-corrected chi connectivity index (χ2v) is 6.60. The van der Waals surface area contributed by atoms with Crippen molar-refractivity contribution < 1.29 is 19.1 Å². The Morgan fingerprint density at radius 2 is 1.38 bits per heavy atom. The van der Waals surface area contributed by atoms with Crippen LogP contribution in [0.5, 0.6) is 0 Å². The molecule has 0 spiro atoms. The number of nitrogens with zero attached hydrogens (tertiary/aromatic N) is 1. The molecule has 2 aromatic carbocycles. The van der Waals surface area contributed by atoms with Crippen LogP contribution in [-0.4, -0.2) is 28.8 Å². The third-order valence-corrected chi connectivity index (χ3v) is 3.66. The molecule has 122 valence electrons. The Morgan fingerprint density at radius 3 is 1.75 bits per heavy atom. The summed E-state index contributed by atoms with van der Waals surface area (Å²) in [5.41, 5.74) is 1.42. The highest BCUT2D eigenvalue weighted by molar-refractivity contribution is 6.14. The molecule has 1 aromatic heterocycles. The fourth-order valence-corrected chi connectivity index (χ4v) is 2.70. The third-order valence-electron chi connectivity index (χ3n) is 3.66. The van der Waals surface area contributed by atoms with Crippen molar-refractivity contribution >= 4 is 40.5 Å². The second kappa shape index (κ2) is 5.60. The van der Waals surface area contributed by atoms with E-state index in [2.05, 4.69) is 0 Å². The van der Waals surface area contributed by atoms with Crippen molar-refractivity contribution in [3.05, 3.63) is 47.5 Å². The molecule has 24 heavy (non-hydrogen) atoms. The first-order valence-corrected chi connectivity index (χ1v) is 7.56. The average Bonchev–Trinajstić information content (AvgIpc) is 2.85. The number of fused-ring (bicyclic) bond motifs is 3. The highest BCUT2D eigenvalue weighted by Crippen LogP contribution is 2.31. The van der Waals surface area contributed by atoms with E-state index < -0.39 is 11.7 Å². The van der Waals surface area contributed by atoms with Crippen molar-refractivity contribution in [2.24, 2.45) is 0 Å². The van der Waals surface area contributed by atoms with Crippen LogP contribution in [-0.2, 0) is 4.74 Å². The SMILES string of the molecule is CC(C)(C)OC(=O)n1c2cc(C=O)ccc2c2ccc(C=O)cc21. The predicted molar refractivity (Wildman–Crippen MR) is 91.9 cm³/mol. The smallest absolute Gasteiger partial charge is 0.419 e. The van der Waals surface area contributed by atoms with Gasteiger partial charge < -0.3 is 4.74 Å². The Hall–Kier alpha value is -2.95. The fourth-order valence-electron chi connectivity index (χ4n) is 2.70. The zero-order valence-electron chi connectivity index (χ0n) is 13.7. The maximum atomic E-state index is 12.7. The van der Waals surface area contributed by atoms with E-state index in [0.29, 0.717) is 22.2 Å². The average molecular weight is 323 g/mol. The summed E-state index contributed by atoms with van der Waals surface area (Å²) < 4.78 is 6.91. The lowest BCUT2D eigenvalue weighted by molar-refractivity contribution is 0.0551. The number of aromatic nitrogens is 1. The molecule has 0 saturated carbocycles. The number of hydrogen-bond acceptors (Lipinski definition) is 4. The van der Waals surface area contributed by atoms with Crippen LogP contribution in [0.3, 0.4) is 0 Å². The molecular formula is C19H17NO4. The van der Waals surface area contributed by atoms with Crippen molar-refractivity contribution in [3.8, 4) is 0 Å². The molecular weight excluding hydrogens is 306 g/mol. The molecule has 0 N–H and O–H groups in total.